The number of fused-ring (bicyclic) bond motifs is 1. The summed E-state index contributed by atoms with van der Waals surface area (Å²) in [6.07, 6.45) is 1.79. The van der Waals surface area contributed by atoms with Crippen LogP contribution in [0.3, 0.4) is 0 Å². The molecule has 0 saturated heterocycles. The van der Waals surface area contributed by atoms with Gasteiger partial charge in [-0.15, -0.1) is 0 Å². The average Bonchev–Trinajstić information content (AvgIpc) is 2.51. The zero-order chi connectivity index (χ0) is 11.7. The number of H-pyrrole nitrogens is 1. The normalized spacial score (nSPS) is 11.2. The van der Waals surface area contributed by atoms with Gasteiger partial charge in [-0.3, -0.25) is 0 Å². The standard InChI is InChI=1S/C14H19NO/c1-9-7-10(2)14-12(5-4-6-16)11(3)15-13(14)8-9/h7-8,15-16H,4-6H2,1-3H3. The lowest BCUT2D eigenvalue weighted by Crippen LogP contribution is -1.91. The van der Waals surface area contributed by atoms with Gasteiger partial charge in [0.05, 0.1) is 0 Å². The highest BCUT2D eigenvalue weighted by Gasteiger charge is 2.10. The quantitative estimate of drug-likeness (QED) is 0.814. The van der Waals surface area contributed by atoms with Gasteiger partial charge >= 0.3 is 0 Å². The van der Waals surface area contributed by atoms with Crippen LogP contribution in [0.25, 0.3) is 10.9 Å². The fraction of sp³-hybridized carbons (Fsp3) is 0.429. The number of benzene rings is 1. The molecule has 1 aromatic carbocycles. The zero-order valence-corrected chi connectivity index (χ0v) is 10.2. The van der Waals surface area contributed by atoms with Gasteiger partial charge in [0.2, 0.25) is 0 Å². The third kappa shape index (κ3) is 1.85. The second-order valence-electron chi connectivity index (χ2n) is 4.56. The summed E-state index contributed by atoms with van der Waals surface area (Å²) in [6.45, 7) is 6.65. The molecule has 1 aromatic heterocycles. The molecule has 2 nitrogen and oxygen atoms in total. The summed E-state index contributed by atoms with van der Waals surface area (Å²) < 4.78 is 0. The van der Waals surface area contributed by atoms with Crippen LogP contribution in [-0.4, -0.2) is 16.7 Å². The van der Waals surface area contributed by atoms with E-state index in [0.29, 0.717) is 0 Å². The maximum Gasteiger partial charge on any atom is 0.0464 e. The second kappa shape index (κ2) is 4.30. The summed E-state index contributed by atoms with van der Waals surface area (Å²) in [5.74, 6) is 0. The number of rotatable bonds is 3. The van der Waals surface area contributed by atoms with E-state index in [9.17, 15) is 0 Å². The molecule has 0 spiro atoms. The number of aryl methyl sites for hydroxylation is 4. The number of hydrogen-bond donors (Lipinski definition) is 2. The highest BCUT2D eigenvalue weighted by Crippen LogP contribution is 2.27. The Hall–Kier alpha value is -1.28. The Balaban J connectivity index is 2.59. The van der Waals surface area contributed by atoms with Crippen LogP contribution < -0.4 is 0 Å². The smallest absolute Gasteiger partial charge is 0.0464 e. The molecule has 0 aliphatic carbocycles. The summed E-state index contributed by atoms with van der Waals surface area (Å²) in [5.41, 5.74) is 6.44. The van der Waals surface area contributed by atoms with Crippen LogP contribution in [0.1, 0.15) is 28.8 Å². The van der Waals surface area contributed by atoms with E-state index >= 15 is 0 Å². The Bertz CT molecular complexity index is 511. The van der Waals surface area contributed by atoms with Gasteiger partial charge in [0, 0.05) is 23.2 Å². The van der Waals surface area contributed by atoms with E-state index in [-0.39, 0.29) is 6.61 Å². The molecule has 0 aliphatic heterocycles. The first-order chi connectivity index (χ1) is 7.63. The third-order valence-electron chi connectivity index (χ3n) is 3.14. The van der Waals surface area contributed by atoms with Crippen molar-refractivity contribution in [2.75, 3.05) is 6.61 Å². The van der Waals surface area contributed by atoms with Crippen molar-refractivity contribution in [3.63, 3.8) is 0 Å². The highest BCUT2D eigenvalue weighted by atomic mass is 16.2. The molecule has 2 heteroatoms. The molecule has 2 aromatic rings. The average molecular weight is 217 g/mol. The van der Waals surface area contributed by atoms with E-state index in [1.807, 2.05) is 0 Å². The molecular weight excluding hydrogens is 198 g/mol. The van der Waals surface area contributed by atoms with Crippen LogP contribution in [-0.2, 0) is 6.42 Å². The number of aliphatic hydroxyl groups is 1. The predicted molar refractivity (Wildman–Crippen MR) is 67.9 cm³/mol. The Morgan fingerprint density at radius 3 is 2.62 bits per heavy atom. The Labute approximate surface area is 96.3 Å². The molecule has 0 bridgehead atoms. The molecule has 0 unspecified atom stereocenters. The predicted octanol–water partition coefficient (Wildman–Crippen LogP) is 3.02. The number of aromatic amines is 1. The number of hydrogen-bond acceptors (Lipinski definition) is 1. The first-order valence-corrected chi connectivity index (χ1v) is 5.82. The van der Waals surface area contributed by atoms with E-state index in [2.05, 4.69) is 37.9 Å². The van der Waals surface area contributed by atoms with E-state index in [1.165, 1.54) is 33.3 Å². The Morgan fingerprint density at radius 2 is 1.94 bits per heavy atom. The van der Waals surface area contributed by atoms with Gasteiger partial charge in [-0.25, -0.2) is 0 Å². The van der Waals surface area contributed by atoms with Crippen molar-refractivity contribution >= 4 is 10.9 Å². The minimum atomic E-state index is 0.261. The Morgan fingerprint density at radius 1 is 1.19 bits per heavy atom. The van der Waals surface area contributed by atoms with Gasteiger partial charge in [0.25, 0.3) is 0 Å². The third-order valence-corrected chi connectivity index (χ3v) is 3.14. The lowest BCUT2D eigenvalue weighted by Gasteiger charge is -2.03. The molecule has 0 amide bonds. The van der Waals surface area contributed by atoms with Gasteiger partial charge in [-0.2, -0.15) is 0 Å². The van der Waals surface area contributed by atoms with Crippen LogP contribution in [0.4, 0.5) is 0 Å². The van der Waals surface area contributed by atoms with Crippen LogP contribution in [0.5, 0.6) is 0 Å². The van der Waals surface area contributed by atoms with Crippen molar-refractivity contribution < 1.29 is 5.11 Å². The first kappa shape index (κ1) is 11.2. The summed E-state index contributed by atoms with van der Waals surface area (Å²) in [6, 6.07) is 4.41. The second-order valence-corrected chi connectivity index (χ2v) is 4.56. The van der Waals surface area contributed by atoms with E-state index in [4.69, 9.17) is 5.11 Å². The SMILES string of the molecule is Cc1cc(C)c2c(CCCO)c(C)[nH]c2c1. The van der Waals surface area contributed by atoms with Crippen molar-refractivity contribution in [2.45, 2.75) is 33.6 Å². The van der Waals surface area contributed by atoms with E-state index in [1.54, 1.807) is 0 Å². The highest BCUT2D eigenvalue weighted by molar-refractivity contribution is 5.88. The van der Waals surface area contributed by atoms with Crippen molar-refractivity contribution in [1.29, 1.82) is 0 Å². The summed E-state index contributed by atoms with van der Waals surface area (Å²) >= 11 is 0. The molecule has 0 fully saturated rings. The van der Waals surface area contributed by atoms with Crippen molar-refractivity contribution in [3.8, 4) is 0 Å². The van der Waals surface area contributed by atoms with Crippen LogP contribution in [0.15, 0.2) is 12.1 Å². The maximum atomic E-state index is 8.93. The zero-order valence-electron chi connectivity index (χ0n) is 10.2. The molecular formula is C14H19NO. The molecule has 0 radical (unpaired) electrons. The van der Waals surface area contributed by atoms with Crippen molar-refractivity contribution in [2.24, 2.45) is 0 Å². The molecule has 0 atom stereocenters. The number of nitrogens with one attached hydrogen (secondary N) is 1. The topological polar surface area (TPSA) is 36.0 Å². The van der Waals surface area contributed by atoms with Crippen LogP contribution >= 0.6 is 0 Å². The molecule has 16 heavy (non-hydrogen) atoms. The van der Waals surface area contributed by atoms with Gasteiger partial charge in [-0.05, 0) is 56.4 Å². The van der Waals surface area contributed by atoms with Gasteiger partial charge in [0.15, 0.2) is 0 Å². The largest absolute Gasteiger partial charge is 0.396 e. The van der Waals surface area contributed by atoms with Gasteiger partial charge in [-0.1, -0.05) is 6.07 Å². The molecule has 0 aliphatic rings. The monoisotopic (exact) mass is 217 g/mol. The summed E-state index contributed by atoms with van der Waals surface area (Å²) in [5, 5.41) is 10.3. The molecule has 2 N–H and O–H groups in total. The minimum Gasteiger partial charge on any atom is -0.396 e. The van der Waals surface area contributed by atoms with Crippen LogP contribution in [0.2, 0.25) is 0 Å². The molecule has 86 valence electrons. The van der Waals surface area contributed by atoms with E-state index in [0.717, 1.165) is 12.8 Å². The number of aliphatic hydroxyl groups excluding tert-OH is 1. The summed E-state index contributed by atoms with van der Waals surface area (Å²) in [7, 11) is 0. The van der Waals surface area contributed by atoms with Crippen molar-refractivity contribution in [3.05, 3.63) is 34.5 Å². The molecule has 2 rings (SSSR count). The van der Waals surface area contributed by atoms with E-state index < -0.39 is 0 Å². The van der Waals surface area contributed by atoms with Gasteiger partial charge in [0.1, 0.15) is 0 Å². The summed E-state index contributed by atoms with van der Waals surface area (Å²) in [4.78, 5) is 3.44. The maximum absolute atomic E-state index is 8.93. The van der Waals surface area contributed by atoms with Crippen molar-refractivity contribution in [1.82, 2.24) is 4.98 Å². The molecule has 1 heterocycles. The fourth-order valence-electron chi connectivity index (χ4n) is 2.50. The van der Waals surface area contributed by atoms with Crippen LogP contribution in [0, 0.1) is 20.8 Å². The first-order valence-electron chi connectivity index (χ1n) is 5.82. The lowest BCUT2D eigenvalue weighted by atomic mass is 10.0. The Kier molecular flexibility index (Phi) is 3.01. The molecule has 0 saturated carbocycles. The van der Waals surface area contributed by atoms with Gasteiger partial charge < -0.3 is 10.1 Å². The lowest BCUT2D eigenvalue weighted by molar-refractivity contribution is 0.288. The fourth-order valence-corrected chi connectivity index (χ4v) is 2.50. The number of aromatic nitrogens is 1. The minimum absolute atomic E-state index is 0.261.